The number of aliphatic imine (C=N–C) groups is 1. The number of nitrogens with one attached hydrogen (secondary N) is 2. The lowest BCUT2D eigenvalue weighted by atomic mass is 9.96. The van der Waals surface area contributed by atoms with E-state index < -0.39 is 0 Å². The van der Waals surface area contributed by atoms with E-state index in [-0.39, 0.29) is 0 Å². The predicted molar refractivity (Wildman–Crippen MR) is 73.8 cm³/mol. The number of hydrogen-bond acceptors (Lipinski definition) is 4. The quantitative estimate of drug-likeness (QED) is 0.278. The van der Waals surface area contributed by atoms with E-state index in [0.29, 0.717) is 12.0 Å². The maximum absolute atomic E-state index is 5.55. The third-order valence-electron chi connectivity index (χ3n) is 3.79. The molecule has 0 radical (unpaired) electrons. The fourth-order valence-electron chi connectivity index (χ4n) is 2.56. The first kappa shape index (κ1) is 13.6. The van der Waals surface area contributed by atoms with Crippen LogP contribution in [0.2, 0.25) is 0 Å². The molecule has 0 amide bonds. The zero-order valence-electron chi connectivity index (χ0n) is 11.4. The van der Waals surface area contributed by atoms with Gasteiger partial charge in [0.05, 0.1) is 6.04 Å². The second kappa shape index (κ2) is 6.92. The Morgan fingerprint density at radius 1 is 1.11 bits per heavy atom. The van der Waals surface area contributed by atoms with Crippen LogP contribution in [0.5, 0.6) is 0 Å². The summed E-state index contributed by atoms with van der Waals surface area (Å²) in [5.41, 5.74) is 5.99. The highest BCUT2D eigenvalue weighted by Crippen LogP contribution is 2.20. The summed E-state index contributed by atoms with van der Waals surface area (Å²) in [5, 5.41) is 2.18. The van der Waals surface area contributed by atoms with Crippen LogP contribution in [0.4, 0.5) is 0 Å². The lowest BCUT2D eigenvalue weighted by molar-refractivity contribution is 0.129. The van der Waals surface area contributed by atoms with Crippen LogP contribution >= 0.6 is 0 Å². The molecule has 0 aromatic rings. The minimum atomic E-state index is 0.435. The molecule has 0 aromatic heterocycles. The summed E-state index contributed by atoms with van der Waals surface area (Å²) in [4.78, 5) is 7.01. The zero-order chi connectivity index (χ0) is 12.8. The molecule has 1 aliphatic carbocycles. The molecule has 1 heterocycles. The molecule has 1 saturated heterocycles. The van der Waals surface area contributed by atoms with Crippen molar-refractivity contribution in [2.24, 2.45) is 10.8 Å². The Morgan fingerprint density at radius 2 is 1.78 bits per heavy atom. The van der Waals surface area contributed by atoms with Crippen molar-refractivity contribution >= 4 is 5.96 Å². The molecule has 104 valence electrons. The van der Waals surface area contributed by atoms with Crippen LogP contribution in [0.1, 0.15) is 32.1 Å². The number of piperazine rings is 1. The number of rotatable bonds is 2. The van der Waals surface area contributed by atoms with Crippen molar-refractivity contribution in [1.82, 2.24) is 20.8 Å². The van der Waals surface area contributed by atoms with Gasteiger partial charge in [-0.15, -0.1) is 0 Å². The van der Waals surface area contributed by atoms with Crippen LogP contribution in [-0.2, 0) is 0 Å². The second-order valence-corrected chi connectivity index (χ2v) is 5.32. The van der Waals surface area contributed by atoms with E-state index in [4.69, 9.17) is 5.84 Å². The summed E-state index contributed by atoms with van der Waals surface area (Å²) in [6.07, 6.45) is 6.32. The van der Waals surface area contributed by atoms with Crippen molar-refractivity contribution in [3.05, 3.63) is 0 Å². The minimum absolute atomic E-state index is 0.435. The van der Waals surface area contributed by atoms with Crippen LogP contribution in [0.15, 0.2) is 4.99 Å². The Labute approximate surface area is 110 Å². The maximum atomic E-state index is 5.55. The summed E-state index contributed by atoms with van der Waals surface area (Å²) in [6.45, 7) is 4.16. The first-order chi connectivity index (χ1) is 8.78. The molecular weight excluding hydrogens is 228 g/mol. The average Bonchev–Trinajstić information content (AvgIpc) is 2.41. The maximum Gasteiger partial charge on any atom is 0.220 e. The standard InChI is InChI=1S/C12H26N6/c1-17-7-9-18(10-8-17)16-12(15-13)14-11-5-3-2-4-6-11/h11H,2-10,13H2,1H3,(H2,14,15,16). The fourth-order valence-corrected chi connectivity index (χ4v) is 2.56. The van der Waals surface area contributed by atoms with E-state index in [1.165, 1.54) is 32.1 Å². The Morgan fingerprint density at radius 3 is 2.39 bits per heavy atom. The normalized spacial score (nSPS) is 25.1. The van der Waals surface area contributed by atoms with Gasteiger partial charge in [0.25, 0.3) is 0 Å². The topological polar surface area (TPSA) is 68.9 Å². The molecule has 0 unspecified atom stereocenters. The minimum Gasteiger partial charge on any atom is -0.304 e. The molecule has 1 aliphatic heterocycles. The molecular formula is C12H26N6. The van der Waals surface area contributed by atoms with Gasteiger partial charge in [0.1, 0.15) is 0 Å². The Balaban J connectivity index is 1.82. The molecule has 0 bridgehead atoms. The lowest BCUT2D eigenvalue weighted by Crippen LogP contribution is -2.56. The zero-order valence-corrected chi connectivity index (χ0v) is 11.4. The Bertz CT molecular complexity index is 266. The van der Waals surface area contributed by atoms with Crippen LogP contribution in [0.25, 0.3) is 0 Å². The van der Waals surface area contributed by atoms with Gasteiger partial charge in [-0.1, -0.05) is 19.3 Å². The fraction of sp³-hybridized carbons (Fsp3) is 0.917. The number of nitrogens with zero attached hydrogens (tertiary/aromatic N) is 3. The van der Waals surface area contributed by atoms with Gasteiger partial charge in [0, 0.05) is 26.2 Å². The second-order valence-electron chi connectivity index (χ2n) is 5.32. The summed E-state index contributed by atoms with van der Waals surface area (Å²) in [7, 11) is 2.15. The van der Waals surface area contributed by atoms with Gasteiger partial charge in [0.15, 0.2) is 0 Å². The van der Waals surface area contributed by atoms with E-state index in [2.05, 4.69) is 32.8 Å². The van der Waals surface area contributed by atoms with Crippen molar-refractivity contribution in [1.29, 1.82) is 0 Å². The highest BCUT2D eigenvalue weighted by Gasteiger charge is 2.16. The molecule has 18 heavy (non-hydrogen) atoms. The van der Waals surface area contributed by atoms with Gasteiger partial charge < -0.3 is 4.90 Å². The number of hydrazine groups is 2. The average molecular weight is 254 g/mol. The van der Waals surface area contributed by atoms with Crippen LogP contribution in [0, 0.1) is 0 Å². The van der Waals surface area contributed by atoms with Crippen molar-refractivity contribution in [3.63, 3.8) is 0 Å². The molecule has 0 atom stereocenters. The van der Waals surface area contributed by atoms with Gasteiger partial charge >= 0.3 is 0 Å². The largest absolute Gasteiger partial charge is 0.304 e. The lowest BCUT2D eigenvalue weighted by Gasteiger charge is -2.33. The molecule has 6 heteroatoms. The molecule has 0 aromatic carbocycles. The smallest absolute Gasteiger partial charge is 0.220 e. The van der Waals surface area contributed by atoms with Crippen molar-refractivity contribution < 1.29 is 0 Å². The summed E-state index contributed by atoms with van der Waals surface area (Å²) in [5.74, 6) is 6.27. The van der Waals surface area contributed by atoms with Gasteiger partial charge in [0.2, 0.25) is 5.96 Å². The van der Waals surface area contributed by atoms with Gasteiger partial charge in [-0.25, -0.2) is 15.8 Å². The molecule has 2 rings (SSSR count). The third kappa shape index (κ3) is 4.12. The van der Waals surface area contributed by atoms with E-state index in [1.807, 2.05) is 0 Å². The summed E-state index contributed by atoms with van der Waals surface area (Å²) >= 11 is 0. The third-order valence-corrected chi connectivity index (χ3v) is 3.79. The SMILES string of the molecule is CN1CCN(NC(=NC2CCCCC2)NN)CC1. The van der Waals surface area contributed by atoms with Gasteiger partial charge in [-0.3, -0.25) is 10.9 Å². The van der Waals surface area contributed by atoms with Crippen LogP contribution in [0.3, 0.4) is 0 Å². The monoisotopic (exact) mass is 254 g/mol. The van der Waals surface area contributed by atoms with Gasteiger partial charge in [-0.05, 0) is 19.9 Å². The van der Waals surface area contributed by atoms with Crippen molar-refractivity contribution in [2.45, 2.75) is 38.1 Å². The number of hydrogen-bond donors (Lipinski definition) is 3. The highest BCUT2D eigenvalue weighted by molar-refractivity contribution is 5.78. The number of likely N-dealkylation sites (N-methyl/N-ethyl adjacent to an activating group) is 1. The summed E-state index contributed by atoms with van der Waals surface area (Å²) < 4.78 is 0. The van der Waals surface area contributed by atoms with E-state index in [9.17, 15) is 0 Å². The first-order valence-electron chi connectivity index (χ1n) is 7.02. The molecule has 1 saturated carbocycles. The molecule has 2 aliphatic rings. The molecule has 2 fully saturated rings. The van der Waals surface area contributed by atoms with Crippen LogP contribution in [-0.4, -0.2) is 55.1 Å². The number of nitrogens with two attached hydrogens (primary N) is 1. The van der Waals surface area contributed by atoms with Crippen molar-refractivity contribution in [2.75, 3.05) is 33.2 Å². The van der Waals surface area contributed by atoms with E-state index in [0.717, 1.165) is 26.2 Å². The van der Waals surface area contributed by atoms with E-state index >= 15 is 0 Å². The highest BCUT2D eigenvalue weighted by atomic mass is 15.6. The summed E-state index contributed by atoms with van der Waals surface area (Å²) in [6, 6.07) is 0.435. The number of guanidine groups is 1. The first-order valence-corrected chi connectivity index (χ1v) is 7.02. The molecule has 0 spiro atoms. The predicted octanol–water partition coefficient (Wildman–Crippen LogP) is -0.110. The molecule has 6 nitrogen and oxygen atoms in total. The van der Waals surface area contributed by atoms with Crippen LogP contribution < -0.4 is 16.7 Å². The Kier molecular flexibility index (Phi) is 5.22. The Hall–Kier alpha value is -0.850. The van der Waals surface area contributed by atoms with E-state index in [1.54, 1.807) is 0 Å². The van der Waals surface area contributed by atoms with Crippen molar-refractivity contribution in [3.8, 4) is 0 Å². The van der Waals surface area contributed by atoms with Gasteiger partial charge in [-0.2, -0.15) is 0 Å². The molecule has 4 N–H and O–H groups in total.